The number of likely N-dealkylation sites (tertiary alicyclic amines) is 1. The van der Waals surface area contributed by atoms with Crippen molar-refractivity contribution in [3.8, 4) is 5.88 Å². The minimum absolute atomic E-state index is 0.292. The first-order valence-electron chi connectivity index (χ1n) is 5.50. The second-order valence-corrected chi connectivity index (χ2v) is 4.66. The zero-order valence-electron chi connectivity index (χ0n) is 9.40. The molecule has 1 saturated heterocycles. The highest BCUT2D eigenvalue weighted by Crippen LogP contribution is 2.15. The molecular formula is C11H16BrN3O. The van der Waals surface area contributed by atoms with Gasteiger partial charge in [0.1, 0.15) is 6.10 Å². The number of hydrogen-bond acceptors (Lipinski definition) is 4. The molecule has 1 aliphatic heterocycles. The Balaban J connectivity index is 1.88. The van der Waals surface area contributed by atoms with Crippen molar-refractivity contribution in [3.05, 3.63) is 18.1 Å². The van der Waals surface area contributed by atoms with Gasteiger partial charge in [-0.25, -0.2) is 4.98 Å². The van der Waals surface area contributed by atoms with Gasteiger partial charge in [0.05, 0.1) is 18.1 Å². The molecule has 2 heterocycles. The third kappa shape index (κ3) is 3.15. The third-order valence-electron chi connectivity index (χ3n) is 2.77. The molecule has 0 saturated carbocycles. The molecule has 1 aromatic rings. The van der Waals surface area contributed by atoms with E-state index in [1.165, 1.54) is 0 Å². The average Bonchev–Trinajstić information content (AvgIpc) is 2.33. The SMILES string of the molecule is CN1CCC(Oc2cnc(CBr)cn2)CC1. The highest BCUT2D eigenvalue weighted by Gasteiger charge is 2.18. The lowest BCUT2D eigenvalue weighted by atomic mass is 10.1. The number of rotatable bonds is 3. The van der Waals surface area contributed by atoms with Gasteiger partial charge in [0.2, 0.25) is 5.88 Å². The van der Waals surface area contributed by atoms with Gasteiger partial charge in [0.15, 0.2) is 0 Å². The molecule has 16 heavy (non-hydrogen) atoms. The maximum absolute atomic E-state index is 5.79. The van der Waals surface area contributed by atoms with Crippen molar-refractivity contribution in [3.63, 3.8) is 0 Å². The minimum atomic E-state index is 0.292. The fourth-order valence-electron chi connectivity index (χ4n) is 1.75. The van der Waals surface area contributed by atoms with Crippen molar-refractivity contribution in [2.24, 2.45) is 0 Å². The second kappa shape index (κ2) is 5.59. The average molecular weight is 286 g/mol. The molecule has 0 spiro atoms. The van der Waals surface area contributed by atoms with Crippen molar-refractivity contribution in [2.45, 2.75) is 24.3 Å². The molecule has 0 unspecified atom stereocenters. The molecular weight excluding hydrogens is 270 g/mol. The highest BCUT2D eigenvalue weighted by molar-refractivity contribution is 9.08. The Morgan fingerprint density at radius 2 is 2.12 bits per heavy atom. The number of piperidine rings is 1. The van der Waals surface area contributed by atoms with Crippen LogP contribution >= 0.6 is 15.9 Å². The van der Waals surface area contributed by atoms with Crippen LogP contribution in [0, 0.1) is 0 Å². The first-order chi connectivity index (χ1) is 7.78. The zero-order valence-corrected chi connectivity index (χ0v) is 11.0. The summed E-state index contributed by atoms with van der Waals surface area (Å²) in [5.74, 6) is 0.638. The Bertz CT molecular complexity index is 323. The predicted molar refractivity (Wildman–Crippen MR) is 65.8 cm³/mol. The molecule has 1 aliphatic rings. The van der Waals surface area contributed by atoms with Crippen molar-refractivity contribution in [1.82, 2.24) is 14.9 Å². The van der Waals surface area contributed by atoms with E-state index < -0.39 is 0 Å². The van der Waals surface area contributed by atoms with Gasteiger partial charge in [-0.15, -0.1) is 0 Å². The topological polar surface area (TPSA) is 38.2 Å². The van der Waals surface area contributed by atoms with E-state index in [-0.39, 0.29) is 0 Å². The summed E-state index contributed by atoms with van der Waals surface area (Å²) >= 11 is 3.34. The van der Waals surface area contributed by atoms with Gasteiger partial charge in [0, 0.05) is 18.4 Å². The summed E-state index contributed by atoms with van der Waals surface area (Å²) in [5, 5.41) is 0.731. The summed E-state index contributed by atoms with van der Waals surface area (Å²) in [5.41, 5.74) is 0.927. The van der Waals surface area contributed by atoms with Crippen LogP contribution in [0.2, 0.25) is 0 Å². The Kier molecular flexibility index (Phi) is 4.12. The van der Waals surface area contributed by atoms with E-state index >= 15 is 0 Å². The van der Waals surface area contributed by atoms with Gasteiger partial charge in [-0.3, -0.25) is 4.98 Å². The molecule has 4 nitrogen and oxygen atoms in total. The van der Waals surface area contributed by atoms with Crippen LogP contribution in [0.5, 0.6) is 5.88 Å². The largest absolute Gasteiger partial charge is 0.473 e. The van der Waals surface area contributed by atoms with Crippen LogP contribution in [-0.4, -0.2) is 41.1 Å². The van der Waals surface area contributed by atoms with Crippen LogP contribution in [0.15, 0.2) is 12.4 Å². The zero-order chi connectivity index (χ0) is 11.4. The summed E-state index contributed by atoms with van der Waals surface area (Å²) < 4.78 is 5.79. The Morgan fingerprint density at radius 3 is 2.69 bits per heavy atom. The molecule has 0 aromatic carbocycles. The van der Waals surface area contributed by atoms with Crippen molar-refractivity contribution in [1.29, 1.82) is 0 Å². The lowest BCUT2D eigenvalue weighted by Gasteiger charge is -2.28. The second-order valence-electron chi connectivity index (χ2n) is 4.10. The van der Waals surface area contributed by atoms with Crippen molar-refractivity contribution >= 4 is 15.9 Å². The Morgan fingerprint density at radius 1 is 1.38 bits per heavy atom. The quantitative estimate of drug-likeness (QED) is 0.795. The molecule has 1 fully saturated rings. The lowest BCUT2D eigenvalue weighted by Crippen LogP contribution is -2.35. The maximum Gasteiger partial charge on any atom is 0.232 e. The van der Waals surface area contributed by atoms with E-state index in [1.807, 2.05) is 0 Å². The fraction of sp³-hybridized carbons (Fsp3) is 0.636. The van der Waals surface area contributed by atoms with Crippen molar-refractivity contribution in [2.75, 3.05) is 20.1 Å². The van der Waals surface area contributed by atoms with Crippen LogP contribution in [-0.2, 0) is 5.33 Å². The van der Waals surface area contributed by atoms with Gasteiger partial charge in [-0.05, 0) is 19.9 Å². The van der Waals surface area contributed by atoms with Gasteiger partial charge in [0.25, 0.3) is 0 Å². The van der Waals surface area contributed by atoms with E-state index in [2.05, 4.69) is 37.8 Å². The van der Waals surface area contributed by atoms with Crippen LogP contribution in [0.4, 0.5) is 0 Å². The molecule has 1 aromatic heterocycles. The van der Waals surface area contributed by atoms with E-state index in [0.29, 0.717) is 12.0 Å². The summed E-state index contributed by atoms with van der Waals surface area (Å²) in [7, 11) is 2.14. The fourth-order valence-corrected chi connectivity index (χ4v) is 2.04. The Labute approximate surface area is 104 Å². The minimum Gasteiger partial charge on any atom is -0.473 e. The maximum atomic E-state index is 5.79. The van der Waals surface area contributed by atoms with Gasteiger partial charge < -0.3 is 9.64 Å². The third-order valence-corrected chi connectivity index (χ3v) is 3.35. The van der Waals surface area contributed by atoms with Gasteiger partial charge in [-0.2, -0.15) is 0 Å². The Hall–Kier alpha value is -0.680. The summed E-state index contributed by atoms with van der Waals surface area (Å²) in [6.45, 7) is 2.19. The van der Waals surface area contributed by atoms with Crippen LogP contribution in [0.3, 0.4) is 0 Å². The number of halogens is 1. The van der Waals surface area contributed by atoms with Crippen LogP contribution < -0.4 is 4.74 Å². The van der Waals surface area contributed by atoms with E-state index in [0.717, 1.165) is 37.0 Å². The lowest BCUT2D eigenvalue weighted by molar-refractivity contribution is 0.109. The molecule has 88 valence electrons. The molecule has 0 radical (unpaired) electrons. The summed E-state index contributed by atoms with van der Waals surface area (Å²) in [4.78, 5) is 10.8. The summed E-state index contributed by atoms with van der Waals surface area (Å²) in [6, 6.07) is 0. The predicted octanol–water partition coefficient (Wildman–Crippen LogP) is 1.84. The molecule has 0 N–H and O–H groups in total. The normalized spacial score (nSPS) is 18.6. The molecule has 0 aliphatic carbocycles. The highest BCUT2D eigenvalue weighted by atomic mass is 79.9. The van der Waals surface area contributed by atoms with Crippen molar-refractivity contribution < 1.29 is 4.74 Å². The van der Waals surface area contributed by atoms with E-state index in [9.17, 15) is 0 Å². The molecule has 0 atom stereocenters. The monoisotopic (exact) mass is 285 g/mol. The van der Waals surface area contributed by atoms with Gasteiger partial charge >= 0.3 is 0 Å². The molecule has 2 rings (SSSR count). The molecule has 0 amide bonds. The number of nitrogens with zero attached hydrogens (tertiary/aromatic N) is 3. The number of hydrogen-bond donors (Lipinski definition) is 0. The molecule has 5 heteroatoms. The van der Waals surface area contributed by atoms with E-state index in [1.54, 1.807) is 12.4 Å². The number of alkyl halides is 1. The number of ether oxygens (including phenoxy) is 1. The number of aromatic nitrogens is 2. The first-order valence-corrected chi connectivity index (χ1v) is 6.62. The van der Waals surface area contributed by atoms with E-state index in [4.69, 9.17) is 4.74 Å². The first kappa shape index (κ1) is 11.8. The molecule has 0 bridgehead atoms. The van der Waals surface area contributed by atoms with Crippen LogP contribution in [0.1, 0.15) is 18.5 Å². The smallest absolute Gasteiger partial charge is 0.232 e. The summed E-state index contributed by atoms with van der Waals surface area (Å²) in [6.07, 6.45) is 5.88. The van der Waals surface area contributed by atoms with Crippen LogP contribution in [0.25, 0.3) is 0 Å². The van der Waals surface area contributed by atoms with Gasteiger partial charge in [-0.1, -0.05) is 15.9 Å². The standard InChI is InChI=1S/C11H16BrN3O/c1-15-4-2-10(3-5-15)16-11-8-13-9(6-12)7-14-11/h7-8,10H,2-6H2,1H3.